The van der Waals surface area contributed by atoms with E-state index in [1.165, 1.54) is 12.1 Å². The van der Waals surface area contributed by atoms with E-state index in [0.717, 1.165) is 18.4 Å². The van der Waals surface area contributed by atoms with Gasteiger partial charge in [0.2, 0.25) is 0 Å². The van der Waals surface area contributed by atoms with Crippen molar-refractivity contribution in [3.05, 3.63) is 36.4 Å². The van der Waals surface area contributed by atoms with Crippen LogP contribution in [-0.2, 0) is 9.53 Å². The van der Waals surface area contributed by atoms with Crippen LogP contribution in [0.5, 0.6) is 5.75 Å². The van der Waals surface area contributed by atoms with Gasteiger partial charge in [0, 0.05) is 8.07 Å². The molecule has 0 bridgehead atoms. The first-order valence-corrected chi connectivity index (χ1v) is 11.3. The molecule has 1 fully saturated rings. The Labute approximate surface area is 134 Å². The lowest BCUT2D eigenvalue weighted by Gasteiger charge is -2.39. The van der Waals surface area contributed by atoms with Crippen molar-refractivity contribution >= 4 is 20.1 Å². The van der Waals surface area contributed by atoms with E-state index in [4.69, 9.17) is 9.47 Å². The van der Waals surface area contributed by atoms with Crippen LogP contribution < -0.4 is 4.74 Å². The normalized spacial score (nSPS) is 19.2. The highest BCUT2D eigenvalue weighted by Crippen LogP contribution is 2.37. The van der Waals surface area contributed by atoms with Crippen LogP contribution in [0.15, 0.2) is 30.8 Å². The molecule has 0 atom stereocenters. The van der Waals surface area contributed by atoms with Gasteiger partial charge in [-0.1, -0.05) is 50.0 Å². The van der Waals surface area contributed by atoms with Gasteiger partial charge >= 0.3 is 5.97 Å². The topological polar surface area (TPSA) is 35.5 Å². The van der Waals surface area contributed by atoms with Crippen molar-refractivity contribution < 1.29 is 14.3 Å². The fourth-order valence-corrected chi connectivity index (χ4v) is 5.37. The van der Waals surface area contributed by atoms with Crippen LogP contribution in [0.2, 0.25) is 25.2 Å². The summed E-state index contributed by atoms with van der Waals surface area (Å²) in [5, 5.41) is 0. The molecule has 22 heavy (non-hydrogen) atoms. The van der Waals surface area contributed by atoms with Gasteiger partial charge in [-0.25, -0.2) is 4.79 Å². The first-order chi connectivity index (χ1) is 10.3. The molecular formula is C18H26O3Si. The number of esters is 1. The maximum atomic E-state index is 12.0. The average Bonchev–Trinajstić information content (AvgIpc) is 2.49. The third kappa shape index (κ3) is 4.73. The molecule has 0 amide bonds. The van der Waals surface area contributed by atoms with Crippen LogP contribution in [0.25, 0.3) is 6.08 Å². The standard InChI is InChI=1S/C18H26O3Si/c1-5-15-6-8-16(9-7-15)20-14-17(19)21-18(2)10-12-22(3,4)13-11-18/h5-9H,1,10-14H2,2-4H3. The SMILES string of the molecule is C=Cc1ccc(OCC(=O)OC2(C)CC[Si](C)(C)CC2)cc1. The molecule has 0 aliphatic carbocycles. The van der Waals surface area contributed by atoms with Gasteiger partial charge < -0.3 is 9.47 Å². The van der Waals surface area contributed by atoms with E-state index in [2.05, 4.69) is 19.7 Å². The largest absolute Gasteiger partial charge is 0.482 e. The van der Waals surface area contributed by atoms with Crippen LogP contribution in [0.3, 0.4) is 0 Å². The second-order valence-corrected chi connectivity index (χ2v) is 12.5. The highest BCUT2D eigenvalue weighted by molar-refractivity contribution is 6.77. The lowest BCUT2D eigenvalue weighted by molar-refractivity contribution is -0.161. The predicted molar refractivity (Wildman–Crippen MR) is 92.9 cm³/mol. The summed E-state index contributed by atoms with van der Waals surface area (Å²) in [5.74, 6) is 0.390. The lowest BCUT2D eigenvalue weighted by Crippen LogP contribution is -2.43. The molecule has 0 aromatic heterocycles. The number of hydrogen-bond donors (Lipinski definition) is 0. The van der Waals surface area contributed by atoms with Gasteiger partial charge in [-0.3, -0.25) is 0 Å². The van der Waals surface area contributed by atoms with E-state index in [1.54, 1.807) is 6.08 Å². The summed E-state index contributed by atoms with van der Waals surface area (Å²) in [7, 11) is -1.04. The van der Waals surface area contributed by atoms with Crippen LogP contribution in [0.1, 0.15) is 25.3 Å². The van der Waals surface area contributed by atoms with Crippen LogP contribution in [-0.4, -0.2) is 26.3 Å². The molecule has 0 unspecified atom stereocenters. The summed E-state index contributed by atoms with van der Waals surface area (Å²) in [6.07, 6.45) is 3.73. The zero-order valence-corrected chi connectivity index (χ0v) is 14.9. The number of benzene rings is 1. The highest BCUT2D eigenvalue weighted by Gasteiger charge is 2.38. The maximum Gasteiger partial charge on any atom is 0.344 e. The molecule has 120 valence electrons. The summed E-state index contributed by atoms with van der Waals surface area (Å²) < 4.78 is 11.2. The summed E-state index contributed by atoms with van der Waals surface area (Å²) in [5.41, 5.74) is 0.715. The number of carbonyl (C=O) groups excluding carboxylic acids is 1. The number of ether oxygens (including phenoxy) is 2. The molecule has 2 rings (SSSR count). The minimum Gasteiger partial charge on any atom is -0.482 e. The fraction of sp³-hybridized carbons (Fsp3) is 0.500. The summed E-state index contributed by atoms with van der Waals surface area (Å²) >= 11 is 0. The molecule has 1 aliphatic heterocycles. The third-order valence-corrected chi connectivity index (χ3v) is 7.70. The van der Waals surface area contributed by atoms with Crippen molar-refractivity contribution in [1.29, 1.82) is 0 Å². The Balaban J connectivity index is 1.81. The minimum atomic E-state index is -1.04. The Morgan fingerprint density at radius 3 is 2.41 bits per heavy atom. The number of carbonyl (C=O) groups is 1. The van der Waals surface area contributed by atoms with Gasteiger partial charge in [-0.05, 0) is 37.5 Å². The van der Waals surface area contributed by atoms with E-state index in [9.17, 15) is 4.79 Å². The van der Waals surface area contributed by atoms with Gasteiger partial charge in [-0.2, -0.15) is 0 Å². The molecule has 1 aliphatic rings. The van der Waals surface area contributed by atoms with Gasteiger partial charge in [0.15, 0.2) is 6.61 Å². The molecule has 0 N–H and O–H groups in total. The van der Waals surface area contributed by atoms with Gasteiger partial charge in [-0.15, -0.1) is 0 Å². The van der Waals surface area contributed by atoms with Crippen LogP contribution in [0, 0.1) is 0 Å². The highest BCUT2D eigenvalue weighted by atomic mass is 28.3. The Morgan fingerprint density at radius 1 is 1.27 bits per heavy atom. The number of hydrogen-bond acceptors (Lipinski definition) is 3. The summed E-state index contributed by atoms with van der Waals surface area (Å²) in [6.45, 7) is 10.5. The molecule has 0 spiro atoms. The van der Waals surface area contributed by atoms with Gasteiger partial charge in [0.25, 0.3) is 0 Å². The third-order valence-electron chi connectivity index (χ3n) is 4.49. The quantitative estimate of drug-likeness (QED) is 0.592. The molecule has 3 nitrogen and oxygen atoms in total. The van der Waals surface area contributed by atoms with Gasteiger partial charge in [0.1, 0.15) is 11.4 Å². The van der Waals surface area contributed by atoms with Crippen molar-refractivity contribution in [3.63, 3.8) is 0 Å². The first-order valence-electron chi connectivity index (χ1n) is 7.89. The van der Waals surface area contributed by atoms with E-state index in [1.807, 2.05) is 31.2 Å². The average molecular weight is 318 g/mol. The summed E-state index contributed by atoms with van der Waals surface area (Å²) in [4.78, 5) is 12.0. The number of rotatable bonds is 5. The van der Waals surface area contributed by atoms with E-state index in [-0.39, 0.29) is 18.2 Å². The van der Waals surface area contributed by atoms with Gasteiger partial charge in [0.05, 0.1) is 0 Å². The van der Waals surface area contributed by atoms with Crippen LogP contribution >= 0.6 is 0 Å². The zero-order valence-electron chi connectivity index (χ0n) is 13.9. The predicted octanol–water partition coefficient (Wildman–Crippen LogP) is 4.51. The monoisotopic (exact) mass is 318 g/mol. The maximum absolute atomic E-state index is 12.0. The molecule has 0 saturated carbocycles. The van der Waals surface area contributed by atoms with Crippen molar-refractivity contribution in [3.8, 4) is 5.75 Å². The second kappa shape index (κ2) is 6.69. The van der Waals surface area contributed by atoms with E-state index >= 15 is 0 Å². The molecular weight excluding hydrogens is 292 g/mol. The molecule has 1 aromatic rings. The van der Waals surface area contributed by atoms with Crippen molar-refractivity contribution in [1.82, 2.24) is 0 Å². The van der Waals surface area contributed by atoms with Crippen molar-refractivity contribution in [2.24, 2.45) is 0 Å². The first kappa shape index (κ1) is 16.8. The molecule has 1 heterocycles. The van der Waals surface area contributed by atoms with Crippen molar-refractivity contribution in [2.45, 2.75) is 50.5 Å². The second-order valence-electron chi connectivity index (χ2n) is 7.15. The molecule has 1 aromatic carbocycles. The van der Waals surface area contributed by atoms with Crippen LogP contribution in [0.4, 0.5) is 0 Å². The molecule has 1 saturated heterocycles. The smallest absolute Gasteiger partial charge is 0.344 e. The molecule has 4 heteroatoms. The Bertz CT molecular complexity index is 524. The lowest BCUT2D eigenvalue weighted by atomic mass is 9.99. The minimum absolute atomic E-state index is 0.0378. The van der Waals surface area contributed by atoms with Crippen molar-refractivity contribution in [2.75, 3.05) is 6.61 Å². The Hall–Kier alpha value is -1.55. The summed E-state index contributed by atoms with van der Waals surface area (Å²) in [6, 6.07) is 9.93. The Kier molecular flexibility index (Phi) is 5.11. The van der Waals surface area contributed by atoms with E-state index < -0.39 is 8.07 Å². The zero-order chi connectivity index (χ0) is 16.2. The fourth-order valence-electron chi connectivity index (χ4n) is 2.70. The Morgan fingerprint density at radius 2 is 1.86 bits per heavy atom. The van der Waals surface area contributed by atoms with E-state index in [0.29, 0.717) is 5.75 Å². The molecule has 0 radical (unpaired) electrons.